The van der Waals surface area contributed by atoms with Crippen LogP contribution >= 0.6 is 0 Å². The van der Waals surface area contributed by atoms with E-state index in [1.165, 1.54) is 48.9 Å². The second-order valence-corrected chi connectivity index (χ2v) is 25.2. The van der Waals surface area contributed by atoms with Gasteiger partial charge in [0.2, 0.25) is 0 Å². The van der Waals surface area contributed by atoms with E-state index in [2.05, 4.69) is 155 Å². The zero-order valence-electron chi connectivity index (χ0n) is 30.9. The van der Waals surface area contributed by atoms with Crippen molar-refractivity contribution in [2.75, 3.05) is 0 Å². The van der Waals surface area contributed by atoms with Crippen LogP contribution in [0, 0.1) is 46.8 Å². The van der Waals surface area contributed by atoms with Crippen LogP contribution in [0.4, 0.5) is 0 Å². The number of nitrogens with zero attached hydrogens (tertiary/aromatic N) is 2. The Kier molecular flexibility index (Phi) is 11.4. The quantitative estimate of drug-likeness (QED) is 0.128. The van der Waals surface area contributed by atoms with Crippen molar-refractivity contribution in [3.8, 4) is 33.6 Å². The molecule has 3 aromatic heterocycles. The van der Waals surface area contributed by atoms with Gasteiger partial charge in [0, 0.05) is 31.7 Å². The van der Waals surface area contributed by atoms with Gasteiger partial charge in [-0.1, -0.05) is 66.3 Å². The smallest absolute Gasteiger partial charge is 0 e. The van der Waals surface area contributed by atoms with Crippen LogP contribution in [-0.2, 0) is 20.1 Å². The van der Waals surface area contributed by atoms with Gasteiger partial charge in [-0.05, 0) is 66.8 Å². The number of furan rings is 1. The van der Waals surface area contributed by atoms with Crippen molar-refractivity contribution in [1.82, 2.24) is 9.97 Å². The second kappa shape index (κ2) is 15.2. The van der Waals surface area contributed by atoms with Gasteiger partial charge in [-0.3, -0.25) is 0 Å². The third-order valence-electron chi connectivity index (χ3n) is 9.35. The van der Waals surface area contributed by atoms with Crippen molar-refractivity contribution in [3.63, 3.8) is 0 Å². The SMILES string of the molecule is Cc1cc(C)c(-c2ccc3c(c2)oc2c(-c4cc(C(C)C)ccn4)[c-]ccc23)c(C)c1.Cc1ccc[c-]c1-c1cc(C)[c]([Ge]([CH3])([CH3])[CH3])cn1.[Ir]. The molecule has 3 nitrogen and oxygen atoms in total. The summed E-state index contributed by atoms with van der Waals surface area (Å²) in [5.74, 6) is 7.66. The van der Waals surface area contributed by atoms with Crippen LogP contribution < -0.4 is 4.40 Å². The summed E-state index contributed by atoms with van der Waals surface area (Å²) in [4.78, 5) is 9.27. The molecule has 0 atom stereocenters. The van der Waals surface area contributed by atoms with Gasteiger partial charge in [-0.15, -0.1) is 18.2 Å². The number of benzene rings is 4. The molecule has 0 aliphatic rings. The van der Waals surface area contributed by atoms with E-state index >= 15 is 0 Å². The molecule has 0 aliphatic heterocycles. The molecule has 0 saturated carbocycles. The van der Waals surface area contributed by atoms with Gasteiger partial charge >= 0.3 is 113 Å². The summed E-state index contributed by atoms with van der Waals surface area (Å²) in [6.07, 6.45) is 3.96. The summed E-state index contributed by atoms with van der Waals surface area (Å²) in [6, 6.07) is 34.3. The van der Waals surface area contributed by atoms with Gasteiger partial charge in [-0.2, -0.15) is 0 Å². The van der Waals surface area contributed by atoms with E-state index in [-0.39, 0.29) is 20.1 Å². The molecule has 0 saturated heterocycles. The fourth-order valence-electron chi connectivity index (χ4n) is 6.94. The molecule has 0 bridgehead atoms. The molecule has 7 rings (SSSR count). The Morgan fingerprint density at radius 2 is 1.38 bits per heavy atom. The molecule has 1 radical (unpaired) electrons. The number of aryl methyl sites for hydroxylation is 5. The molecule has 7 aromatic rings. The summed E-state index contributed by atoms with van der Waals surface area (Å²) in [5, 5.41) is 2.22. The largest absolute Gasteiger partial charge is 0 e. The molecular formula is C45H46GeIrN2O-2. The van der Waals surface area contributed by atoms with Crippen LogP contribution in [0.2, 0.25) is 17.3 Å². The molecule has 0 amide bonds. The van der Waals surface area contributed by atoms with Crippen molar-refractivity contribution < 1.29 is 24.5 Å². The van der Waals surface area contributed by atoms with Gasteiger partial charge in [0.15, 0.2) is 0 Å². The average Bonchev–Trinajstić information content (AvgIpc) is 3.42. The molecule has 3 heterocycles. The van der Waals surface area contributed by atoms with Gasteiger partial charge in [0.1, 0.15) is 5.58 Å². The minimum absolute atomic E-state index is 0. The van der Waals surface area contributed by atoms with Crippen molar-refractivity contribution in [3.05, 3.63) is 137 Å². The second-order valence-electron chi connectivity index (χ2n) is 14.7. The van der Waals surface area contributed by atoms with Crippen LogP contribution in [-0.4, -0.2) is 23.2 Å². The van der Waals surface area contributed by atoms with Crippen LogP contribution in [0.3, 0.4) is 0 Å². The summed E-state index contributed by atoms with van der Waals surface area (Å²) >= 11 is -1.79. The Morgan fingerprint density at radius 3 is 2.04 bits per heavy atom. The number of fused-ring (bicyclic) bond motifs is 3. The summed E-state index contributed by atoms with van der Waals surface area (Å²) < 4.78 is 7.93. The molecule has 257 valence electrons. The zero-order valence-corrected chi connectivity index (χ0v) is 35.4. The van der Waals surface area contributed by atoms with E-state index in [4.69, 9.17) is 4.42 Å². The predicted octanol–water partition coefficient (Wildman–Crippen LogP) is 11.9. The summed E-state index contributed by atoms with van der Waals surface area (Å²) in [5.41, 5.74) is 15.9. The van der Waals surface area contributed by atoms with E-state index in [1.54, 1.807) is 0 Å². The average molecular weight is 896 g/mol. The first-order valence-corrected chi connectivity index (χ1v) is 24.5. The Labute approximate surface area is 314 Å². The maximum Gasteiger partial charge on any atom is 0 e. The van der Waals surface area contributed by atoms with Gasteiger partial charge in [-0.25, -0.2) is 0 Å². The van der Waals surface area contributed by atoms with Gasteiger partial charge in [0.25, 0.3) is 0 Å². The fourth-order valence-corrected chi connectivity index (χ4v) is 10.5. The van der Waals surface area contributed by atoms with Crippen molar-refractivity contribution in [2.45, 2.75) is 71.7 Å². The molecule has 0 aliphatic carbocycles. The zero-order chi connectivity index (χ0) is 35.0. The Bertz CT molecular complexity index is 2290. The molecule has 0 N–H and O–H groups in total. The van der Waals surface area contributed by atoms with E-state index in [9.17, 15) is 0 Å². The number of rotatable bonds is 5. The first kappa shape index (κ1) is 37.4. The van der Waals surface area contributed by atoms with Crippen LogP contribution in [0.1, 0.15) is 53.1 Å². The first-order chi connectivity index (χ1) is 23.3. The summed E-state index contributed by atoms with van der Waals surface area (Å²) in [7, 11) is 0. The standard InChI is InChI=1S/C29H26NO.C16H20GeN.Ir/c1-17(2)21-11-12-30-26(15-21)25-8-6-7-24-23-10-9-22(16-27(23)31-29(24)25)28-19(4)13-18(3)14-20(28)5;1-12-8-6-7-9-14(12)16-10-13(2)15(11-18-16)17(3,4)5;/h6-7,9-17H,1-5H3;6-8,10-11H,1-5H3;/q2*-1;. The number of hydrogen-bond donors (Lipinski definition) is 0. The summed E-state index contributed by atoms with van der Waals surface area (Å²) in [6.45, 7) is 15.2. The monoisotopic (exact) mass is 897 g/mol. The van der Waals surface area contributed by atoms with Crippen LogP contribution in [0.5, 0.6) is 0 Å². The number of pyridine rings is 2. The Morgan fingerprint density at radius 1 is 0.680 bits per heavy atom. The topological polar surface area (TPSA) is 38.9 Å². The fraction of sp³-hybridized carbons (Fsp3) is 0.244. The number of hydrogen-bond acceptors (Lipinski definition) is 3. The normalized spacial score (nSPS) is 11.4. The molecule has 50 heavy (non-hydrogen) atoms. The van der Waals surface area contributed by atoms with Gasteiger partial charge in [0.05, 0.1) is 5.58 Å². The molecule has 5 heteroatoms. The third kappa shape index (κ3) is 7.73. The molecular weight excluding hydrogens is 849 g/mol. The first-order valence-electron chi connectivity index (χ1n) is 17.2. The number of aromatic nitrogens is 2. The van der Waals surface area contributed by atoms with E-state index in [0.717, 1.165) is 44.5 Å². The molecule has 0 spiro atoms. The third-order valence-corrected chi connectivity index (χ3v) is 13.8. The molecule has 0 fully saturated rings. The predicted molar refractivity (Wildman–Crippen MR) is 210 cm³/mol. The molecule has 0 unspecified atom stereocenters. The van der Waals surface area contributed by atoms with E-state index in [0.29, 0.717) is 5.92 Å². The Balaban J connectivity index is 0.000000219. The minimum Gasteiger partial charge on any atom is 0 e. The van der Waals surface area contributed by atoms with E-state index < -0.39 is 13.3 Å². The maximum atomic E-state index is 6.43. The van der Waals surface area contributed by atoms with Crippen molar-refractivity contribution in [1.29, 1.82) is 0 Å². The van der Waals surface area contributed by atoms with Crippen LogP contribution in [0.25, 0.3) is 55.6 Å². The van der Waals surface area contributed by atoms with E-state index in [1.807, 2.05) is 24.4 Å². The Hall–Kier alpha value is -3.83. The minimum atomic E-state index is -1.79. The van der Waals surface area contributed by atoms with Crippen LogP contribution in [0.15, 0.2) is 95.7 Å². The van der Waals surface area contributed by atoms with Crippen molar-refractivity contribution in [2.24, 2.45) is 0 Å². The van der Waals surface area contributed by atoms with Gasteiger partial charge < -0.3 is 9.40 Å². The maximum absolute atomic E-state index is 6.43. The van der Waals surface area contributed by atoms with Crippen molar-refractivity contribution >= 4 is 39.6 Å². The molecule has 4 aromatic carbocycles.